The van der Waals surface area contributed by atoms with E-state index < -0.39 is 12.1 Å². The topological polar surface area (TPSA) is 97.5 Å². The van der Waals surface area contributed by atoms with E-state index in [0.29, 0.717) is 31.9 Å². The summed E-state index contributed by atoms with van der Waals surface area (Å²) >= 11 is 0. The number of carbonyl (C=O) groups is 2. The van der Waals surface area contributed by atoms with Gasteiger partial charge < -0.3 is 19.3 Å². The number of carboxylic acids is 1. The first-order valence-corrected chi connectivity index (χ1v) is 11.7. The van der Waals surface area contributed by atoms with Gasteiger partial charge in [-0.15, -0.1) is 0 Å². The van der Waals surface area contributed by atoms with Gasteiger partial charge in [-0.2, -0.15) is 13.2 Å². The highest BCUT2D eigenvalue weighted by molar-refractivity contribution is 5.94. The van der Waals surface area contributed by atoms with E-state index in [-0.39, 0.29) is 11.4 Å². The van der Waals surface area contributed by atoms with E-state index in [1.807, 2.05) is 24.1 Å². The molecule has 2 aliphatic rings. The summed E-state index contributed by atoms with van der Waals surface area (Å²) in [6, 6.07) is 10.5. The number of benzene rings is 1. The Kier molecular flexibility index (Phi) is 7.35. The molecule has 0 bridgehead atoms. The second kappa shape index (κ2) is 10.3. The summed E-state index contributed by atoms with van der Waals surface area (Å²) in [5.74, 6) is -1.73. The molecule has 4 heterocycles. The van der Waals surface area contributed by atoms with E-state index in [2.05, 4.69) is 45.7 Å². The van der Waals surface area contributed by atoms with Gasteiger partial charge in [-0.25, -0.2) is 9.78 Å². The average molecular weight is 517 g/mol. The first-order valence-electron chi connectivity index (χ1n) is 11.7. The minimum Gasteiger partial charge on any atom is -0.475 e. The SMILES string of the molecule is Cc1ccc(-c2cnc3n2C2(CCN(C(=O)c4cncc(C)c4)CC2)COC3)cc1.O=C(O)C(F)(F)F. The predicted octanol–water partition coefficient (Wildman–Crippen LogP) is 4.36. The van der Waals surface area contributed by atoms with Crippen LogP contribution in [0, 0.1) is 13.8 Å². The number of amides is 1. The maximum absolute atomic E-state index is 13.0. The Morgan fingerprint density at radius 1 is 1.03 bits per heavy atom. The van der Waals surface area contributed by atoms with Crippen LogP contribution in [0.1, 0.15) is 40.2 Å². The predicted molar refractivity (Wildman–Crippen MR) is 128 cm³/mol. The maximum atomic E-state index is 13.0. The van der Waals surface area contributed by atoms with Crippen LogP contribution >= 0.6 is 0 Å². The number of piperidine rings is 1. The Labute approximate surface area is 211 Å². The van der Waals surface area contributed by atoms with Crippen molar-refractivity contribution in [2.75, 3.05) is 19.7 Å². The van der Waals surface area contributed by atoms with Gasteiger partial charge >= 0.3 is 12.1 Å². The monoisotopic (exact) mass is 516 g/mol. The molecule has 0 atom stereocenters. The zero-order chi connectivity index (χ0) is 26.8. The molecule has 1 amide bonds. The Morgan fingerprint density at radius 2 is 1.68 bits per heavy atom. The zero-order valence-corrected chi connectivity index (χ0v) is 20.5. The van der Waals surface area contributed by atoms with Gasteiger partial charge in [0.15, 0.2) is 0 Å². The highest BCUT2D eigenvalue weighted by atomic mass is 19.4. The number of pyridine rings is 1. The van der Waals surface area contributed by atoms with Crippen LogP contribution in [-0.4, -0.2) is 62.3 Å². The van der Waals surface area contributed by atoms with Crippen molar-refractivity contribution < 1.29 is 32.6 Å². The lowest BCUT2D eigenvalue weighted by atomic mass is 9.86. The van der Waals surface area contributed by atoms with Crippen LogP contribution in [-0.2, 0) is 21.7 Å². The van der Waals surface area contributed by atoms with E-state index in [4.69, 9.17) is 14.6 Å². The lowest BCUT2D eigenvalue weighted by Crippen LogP contribution is -2.52. The number of aliphatic carboxylic acids is 1. The highest BCUT2D eigenvalue weighted by Crippen LogP contribution is 2.39. The Bertz CT molecular complexity index is 1280. The molecule has 11 heteroatoms. The minimum absolute atomic E-state index is 0.0578. The first kappa shape index (κ1) is 26.3. The normalized spacial score (nSPS) is 16.5. The number of carboxylic acid groups (broad SMARTS) is 1. The maximum Gasteiger partial charge on any atom is 0.490 e. The highest BCUT2D eigenvalue weighted by Gasteiger charge is 2.43. The molecule has 0 radical (unpaired) electrons. The van der Waals surface area contributed by atoms with E-state index in [1.54, 1.807) is 12.4 Å². The average Bonchev–Trinajstić information content (AvgIpc) is 3.30. The molecular formula is C26H27F3N4O4. The van der Waals surface area contributed by atoms with Crippen LogP contribution in [0.15, 0.2) is 48.9 Å². The van der Waals surface area contributed by atoms with Crippen molar-refractivity contribution in [2.45, 2.75) is 45.0 Å². The molecular weight excluding hydrogens is 489 g/mol. The van der Waals surface area contributed by atoms with Crippen molar-refractivity contribution in [2.24, 2.45) is 0 Å². The molecule has 3 aromatic rings. The number of hydrogen-bond acceptors (Lipinski definition) is 5. The summed E-state index contributed by atoms with van der Waals surface area (Å²) < 4.78 is 40.1. The molecule has 2 aromatic heterocycles. The fourth-order valence-corrected chi connectivity index (χ4v) is 4.69. The summed E-state index contributed by atoms with van der Waals surface area (Å²) in [6.07, 6.45) is 2.01. The van der Waals surface area contributed by atoms with Crippen LogP contribution in [0.4, 0.5) is 13.2 Å². The van der Waals surface area contributed by atoms with Crippen LogP contribution in [0.3, 0.4) is 0 Å². The van der Waals surface area contributed by atoms with Crippen LogP contribution in [0.5, 0.6) is 0 Å². The van der Waals surface area contributed by atoms with Crippen molar-refractivity contribution >= 4 is 11.9 Å². The number of imidazole rings is 1. The Hall–Kier alpha value is -3.73. The molecule has 8 nitrogen and oxygen atoms in total. The van der Waals surface area contributed by atoms with Crippen LogP contribution in [0.2, 0.25) is 0 Å². The van der Waals surface area contributed by atoms with Crippen LogP contribution < -0.4 is 0 Å². The number of nitrogens with zero attached hydrogens (tertiary/aromatic N) is 4. The molecule has 1 saturated heterocycles. The summed E-state index contributed by atoms with van der Waals surface area (Å²) in [6.45, 7) is 6.64. The van der Waals surface area contributed by atoms with Gasteiger partial charge in [-0.05, 0) is 43.9 Å². The fourth-order valence-electron chi connectivity index (χ4n) is 4.69. The van der Waals surface area contributed by atoms with Crippen molar-refractivity contribution in [3.63, 3.8) is 0 Å². The van der Waals surface area contributed by atoms with E-state index >= 15 is 0 Å². The van der Waals surface area contributed by atoms with Gasteiger partial charge in [0.1, 0.15) is 12.4 Å². The minimum atomic E-state index is -5.08. The molecule has 0 aliphatic carbocycles. The summed E-state index contributed by atoms with van der Waals surface area (Å²) in [5, 5.41) is 7.12. The third-order valence-electron chi connectivity index (χ3n) is 6.60. The standard InChI is InChI=1S/C24H26N4O2.C2HF3O2/c1-17-3-5-19(6-4-17)21-14-26-22-15-30-16-24(28(21)22)7-9-27(10-8-24)23(29)20-11-18(2)12-25-13-20;3-2(4,5)1(6)7/h3-6,11-14H,7-10,15-16H2,1-2H3;(H,6,7). The van der Waals surface area contributed by atoms with Crippen molar-refractivity contribution in [1.82, 2.24) is 19.4 Å². The molecule has 5 rings (SSSR count). The Morgan fingerprint density at radius 3 is 2.27 bits per heavy atom. The number of aryl methyl sites for hydroxylation is 2. The first-order chi connectivity index (χ1) is 17.5. The van der Waals surface area contributed by atoms with Gasteiger partial charge in [-0.3, -0.25) is 9.78 Å². The number of carbonyl (C=O) groups excluding carboxylic acids is 1. The smallest absolute Gasteiger partial charge is 0.475 e. The Balaban J connectivity index is 0.000000405. The lowest BCUT2D eigenvalue weighted by molar-refractivity contribution is -0.192. The fraction of sp³-hybridized carbons (Fsp3) is 0.385. The summed E-state index contributed by atoms with van der Waals surface area (Å²) in [7, 11) is 0. The molecule has 1 fully saturated rings. The molecule has 0 saturated carbocycles. The van der Waals surface area contributed by atoms with Crippen molar-refractivity contribution in [3.8, 4) is 11.3 Å². The molecule has 37 heavy (non-hydrogen) atoms. The second-order valence-electron chi connectivity index (χ2n) is 9.32. The molecule has 1 spiro atoms. The van der Waals surface area contributed by atoms with Gasteiger partial charge in [0.2, 0.25) is 0 Å². The number of likely N-dealkylation sites (tertiary alicyclic amines) is 1. The number of ether oxygens (including phenoxy) is 1. The van der Waals surface area contributed by atoms with Crippen LogP contribution in [0.25, 0.3) is 11.3 Å². The summed E-state index contributed by atoms with van der Waals surface area (Å²) in [4.78, 5) is 32.7. The quantitative estimate of drug-likeness (QED) is 0.544. The van der Waals surface area contributed by atoms with Crippen molar-refractivity contribution in [3.05, 3.63) is 71.4 Å². The van der Waals surface area contributed by atoms with E-state index in [1.165, 1.54) is 11.1 Å². The lowest BCUT2D eigenvalue weighted by Gasteiger charge is -2.46. The third-order valence-corrected chi connectivity index (χ3v) is 6.60. The van der Waals surface area contributed by atoms with Gasteiger partial charge in [0, 0.05) is 25.5 Å². The molecule has 1 N–H and O–H groups in total. The van der Waals surface area contributed by atoms with E-state index in [0.717, 1.165) is 29.9 Å². The molecule has 196 valence electrons. The molecule has 2 aliphatic heterocycles. The second-order valence-corrected chi connectivity index (χ2v) is 9.32. The van der Waals surface area contributed by atoms with Gasteiger partial charge in [0.25, 0.3) is 5.91 Å². The molecule has 0 unspecified atom stereocenters. The number of aromatic nitrogens is 3. The largest absolute Gasteiger partial charge is 0.490 e. The van der Waals surface area contributed by atoms with Gasteiger partial charge in [0.05, 0.1) is 29.6 Å². The third kappa shape index (κ3) is 5.66. The number of rotatable bonds is 2. The zero-order valence-electron chi connectivity index (χ0n) is 20.5. The van der Waals surface area contributed by atoms with E-state index in [9.17, 15) is 18.0 Å². The summed E-state index contributed by atoms with van der Waals surface area (Å²) in [5.41, 5.74) is 5.05. The van der Waals surface area contributed by atoms with Crippen molar-refractivity contribution in [1.29, 1.82) is 0 Å². The number of fused-ring (bicyclic) bond motifs is 2. The molecule has 1 aromatic carbocycles. The van der Waals surface area contributed by atoms with Gasteiger partial charge in [-0.1, -0.05) is 29.8 Å². The number of alkyl halides is 3. The number of hydrogen-bond donors (Lipinski definition) is 1. The number of halogens is 3.